The molecule has 0 unspecified atom stereocenters. The number of fused-ring (bicyclic) bond motifs is 13. The van der Waals surface area contributed by atoms with Crippen molar-refractivity contribution in [3.05, 3.63) is 305 Å². The first-order valence-electron chi connectivity index (χ1n) is 32.0. The molecule has 18 rings (SSSR count). The van der Waals surface area contributed by atoms with Crippen LogP contribution < -0.4 is 74.5 Å². The Morgan fingerprint density at radius 1 is 0.202 bits per heavy atom. The second-order valence-electron chi connectivity index (χ2n) is 22.2. The largest absolute Gasteiger partial charge is 2.00 e. The molecular weight excluding hydrogens is 1740 g/mol. The van der Waals surface area contributed by atoms with Crippen LogP contribution in [0, 0.1) is 41.0 Å². The molecule has 4 aromatic carbocycles. The van der Waals surface area contributed by atoms with Crippen molar-refractivity contribution in [2.75, 3.05) is 0 Å². The van der Waals surface area contributed by atoms with Gasteiger partial charge in [-0.25, -0.2) is 84.5 Å². The minimum absolute atomic E-state index is 0. The molecule has 32 nitrogen and oxygen atoms in total. The fourth-order valence-electron chi connectivity index (χ4n) is 10.7. The molecule has 2 N–H and O–H groups in total. The van der Waals surface area contributed by atoms with E-state index in [9.17, 15) is 0 Å². The summed E-state index contributed by atoms with van der Waals surface area (Å²) in [6, 6.07) is 75.2. The van der Waals surface area contributed by atoms with Crippen LogP contribution >= 0.6 is 0 Å². The molecule has 0 aliphatic carbocycles. The molecule has 14 heterocycles. The number of hydrogen-bond donors (Lipinski definition) is 2. The SMILES string of the molecule is [O-][Cl+3]([O-])([O-])[O-].[O-][Cl+3]([O-])([O-])[O-].[O-][Cl+3]([O-])([O-])[O-].[O-][Cl+3]([O-])([O-])[O-].[Ru+2].[Ru+2].c1ccc(-c2ccccn2)nc1.c1ccc(-c2ccccn2)nc1.c1ccc(-c2ccccn2)nc1.c1ccc(-c2ccccn2)nc1.c1ccc2cc(-c3nc4c5cccnc5c5ncccc5c4[nH]3)c(-c3nc4c5cccnc5c5ncccc5c4[nH]3)cc2c1. The van der Waals surface area contributed by atoms with Gasteiger partial charge >= 0.3 is 39.0 Å². The molecule has 0 saturated carbocycles. The molecule has 14 aromatic heterocycles. The molecule has 576 valence electrons. The van der Waals surface area contributed by atoms with Crippen LogP contribution in [-0.2, 0) is 39.0 Å². The minimum atomic E-state index is -4.94. The number of H-pyrrole nitrogens is 2. The van der Waals surface area contributed by atoms with Gasteiger partial charge in [0.1, 0.15) is 11.6 Å². The summed E-state index contributed by atoms with van der Waals surface area (Å²) in [7, 11) is -19.8. The molecule has 0 spiro atoms. The Bertz CT molecular complexity index is 5130. The monoisotopic (exact) mass is 1790 g/mol. The molecule has 0 bridgehead atoms. The van der Waals surface area contributed by atoms with E-state index in [1.54, 1.807) is 74.4 Å². The molecule has 114 heavy (non-hydrogen) atoms. The summed E-state index contributed by atoms with van der Waals surface area (Å²) in [5.74, 6) is 1.50. The Hall–Kier alpha value is -11.3. The second kappa shape index (κ2) is 42.0. The van der Waals surface area contributed by atoms with Crippen LogP contribution in [-0.4, -0.2) is 79.7 Å². The van der Waals surface area contributed by atoms with Crippen LogP contribution in [0.5, 0.6) is 0 Å². The number of pyridine rings is 12. The molecule has 18 aromatic rings. The van der Waals surface area contributed by atoms with Crippen LogP contribution in [0.25, 0.3) is 145 Å². The number of benzene rings is 4. The van der Waals surface area contributed by atoms with E-state index in [2.05, 4.69) is 130 Å². The molecule has 0 saturated heterocycles. The van der Waals surface area contributed by atoms with Gasteiger partial charge in [-0.15, -0.1) is 41.0 Å². The fraction of sp³-hybridized carbons (Fsp3) is 0. The van der Waals surface area contributed by atoms with Crippen molar-refractivity contribution in [3.8, 4) is 68.3 Å². The second-order valence-corrected chi connectivity index (χ2v) is 25.2. The van der Waals surface area contributed by atoms with E-state index in [1.165, 1.54) is 0 Å². The Morgan fingerprint density at radius 2 is 0.386 bits per heavy atom. The predicted octanol–water partition coefficient (Wildman–Crippen LogP) is -2.34. The smallest absolute Gasteiger partial charge is 0.337 e. The van der Waals surface area contributed by atoms with Gasteiger partial charge in [0.2, 0.25) is 0 Å². The number of nitrogens with one attached hydrogen (secondary N) is 2. The quantitative estimate of drug-likeness (QED) is 0.130. The summed E-state index contributed by atoms with van der Waals surface area (Å²) >= 11 is 0. The topological polar surface area (TPSA) is 581 Å². The maximum absolute atomic E-state index is 8.49. The zero-order valence-electron chi connectivity index (χ0n) is 57.9. The Kier molecular flexibility index (Phi) is 32.5. The summed E-state index contributed by atoms with van der Waals surface area (Å²) in [4.78, 5) is 70.0. The first-order chi connectivity index (χ1) is 53.7. The summed E-state index contributed by atoms with van der Waals surface area (Å²) in [5.41, 5.74) is 16.2. The van der Waals surface area contributed by atoms with Crippen molar-refractivity contribution in [2.24, 2.45) is 0 Å². The fourth-order valence-corrected chi connectivity index (χ4v) is 10.7. The first-order valence-corrected chi connectivity index (χ1v) is 36.9. The van der Waals surface area contributed by atoms with Gasteiger partial charge in [0.15, 0.2) is 0 Å². The Morgan fingerprint density at radius 3 is 0.588 bits per heavy atom. The summed E-state index contributed by atoms with van der Waals surface area (Å²) in [6.07, 6.45) is 21.4. The molecule has 0 atom stereocenters. The van der Waals surface area contributed by atoms with Gasteiger partial charge in [0.05, 0.1) is 89.7 Å². The van der Waals surface area contributed by atoms with Gasteiger partial charge < -0.3 is 9.97 Å². The van der Waals surface area contributed by atoms with Crippen LogP contribution in [0.2, 0.25) is 0 Å². The van der Waals surface area contributed by atoms with Crippen molar-refractivity contribution in [3.63, 3.8) is 0 Å². The number of halogens is 4. The van der Waals surface area contributed by atoms with Crippen LogP contribution in [0.4, 0.5) is 0 Å². The van der Waals surface area contributed by atoms with E-state index in [0.717, 1.165) is 145 Å². The van der Waals surface area contributed by atoms with Gasteiger partial charge in [0.25, 0.3) is 0 Å². The standard InChI is InChI=1S/C36H20N8.4C10H8N2.4ClHO4.2Ru/c1-2-8-20-18-26(36-43-33-23-11-5-15-39-29(23)30-24(34(33)44-36)12-6-16-40-30)25(17-19(20)7-1)35-41-31-21-9-3-13-37-27(21)28-22(32(31)42-35)10-4-14-38-28;4*1-3-7-11-9(5-1)10-6-2-4-8-12-10;4*2-1(3,4)5;;/h1-18H,(H,41,42)(H,43,44);4*1-8H;4*(H,2,3,4,5);;/q;;;;;;;;;2*+2/p-4. The predicted molar refractivity (Wildman–Crippen MR) is 365 cm³/mol. The van der Waals surface area contributed by atoms with E-state index >= 15 is 0 Å². The third kappa shape index (κ3) is 27.2. The van der Waals surface area contributed by atoms with E-state index in [0.29, 0.717) is 0 Å². The minimum Gasteiger partial charge on any atom is -0.337 e. The molecule has 0 amide bonds. The number of aromatic nitrogens is 16. The van der Waals surface area contributed by atoms with E-state index < -0.39 is 41.0 Å². The Balaban J connectivity index is 0.000000190. The van der Waals surface area contributed by atoms with Crippen LogP contribution in [0.15, 0.2) is 305 Å². The van der Waals surface area contributed by atoms with Gasteiger partial charge in [-0.05, 0) is 168 Å². The number of rotatable bonds is 6. The van der Waals surface area contributed by atoms with E-state index in [4.69, 9.17) is 84.5 Å². The van der Waals surface area contributed by atoms with Crippen molar-refractivity contribution in [2.45, 2.75) is 0 Å². The number of nitrogens with zero attached hydrogens (tertiary/aromatic N) is 14. The zero-order chi connectivity index (χ0) is 79.7. The van der Waals surface area contributed by atoms with Crippen LogP contribution in [0.3, 0.4) is 0 Å². The van der Waals surface area contributed by atoms with Gasteiger partial charge in [-0.1, -0.05) is 72.8 Å². The molecule has 0 aliphatic rings. The number of imidazole rings is 2. The zero-order valence-corrected chi connectivity index (χ0v) is 64.4. The van der Waals surface area contributed by atoms with Crippen molar-refractivity contribution in [1.82, 2.24) is 79.7 Å². The molecule has 0 fully saturated rings. The van der Waals surface area contributed by atoms with Crippen molar-refractivity contribution >= 4 is 76.5 Å². The number of aromatic amines is 2. The van der Waals surface area contributed by atoms with E-state index in [1.807, 2.05) is 170 Å². The third-order valence-corrected chi connectivity index (χ3v) is 14.9. The summed E-state index contributed by atoms with van der Waals surface area (Å²) in [6.45, 7) is 0. The average molecular weight is 1790 g/mol. The van der Waals surface area contributed by atoms with Gasteiger partial charge in [0, 0.05) is 107 Å². The number of hydrogen-bond acceptors (Lipinski definition) is 30. The van der Waals surface area contributed by atoms with Gasteiger partial charge in [-0.2, -0.15) is 0 Å². The Labute approximate surface area is 679 Å². The molecule has 38 heteroatoms. The summed E-state index contributed by atoms with van der Waals surface area (Å²) in [5, 5.41) is 6.11. The van der Waals surface area contributed by atoms with Crippen LogP contribution in [0.1, 0.15) is 0 Å². The first kappa shape index (κ1) is 88.3. The van der Waals surface area contributed by atoms with Gasteiger partial charge in [-0.3, -0.25) is 59.8 Å². The molecule has 0 radical (unpaired) electrons. The summed E-state index contributed by atoms with van der Waals surface area (Å²) < 4.78 is 136. The molecule has 0 aliphatic heterocycles. The van der Waals surface area contributed by atoms with Crippen molar-refractivity contribution < 1.29 is 154 Å². The average Bonchev–Trinajstić information content (AvgIpc) is 1.55. The normalized spacial score (nSPS) is 10.8. The third-order valence-electron chi connectivity index (χ3n) is 14.9. The maximum Gasteiger partial charge on any atom is 2.00 e. The molecular formula is C76H52Cl4N16O16Ru2. The maximum atomic E-state index is 8.49. The van der Waals surface area contributed by atoms with E-state index in [-0.39, 0.29) is 39.0 Å². The van der Waals surface area contributed by atoms with Crippen molar-refractivity contribution in [1.29, 1.82) is 0 Å².